The summed E-state index contributed by atoms with van der Waals surface area (Å²) >= 11 is 1.77. The summed E-state index contributed by atoms with van der Waals surface area (Å²) in [6.45, 7) is 5.16. The second kappa shape index (κ2) is 5.69. The smallest absolute Gasteiger partial charge is 0.0891 e. The molecule has 1 N–H and O–H groups in total. The maximum Gasteiger partial charge on any atom is 0.0891 e. The van der Waals surface area contributed by atoms with E-state index in [-0.39, 0.29) is 6.04 Å². The number of rotatable bonds is 4. The van der Waals surface area contributed by atoms with Crippen LogP contribution in [0.5, 0.6) is 0 Å². The van der Waals surface area contributed by atoms with Crippen LogP contribution >= 0.6 is 11.3 Å². The molecule has 0 fully saturated rings. The number of hydrogen-bond donors (Lipinski definition) is 1. The van der Waals surface area contributed by atoms with E-state index < -0.39 is 0 Å². The molecule has 0 radical (unpaired) electrons. The number of fused-ring (bicyclic) bond motifs is 1. The number of aryl methyl sites for hydroxylation is 1. The third-order valence-electron chi connectivity index (χ3n) is 3.34. The molecule has 102 valence electrons. The van der Waals surface area contributed by atoms with E-state index in [9.17, 15) is 0 Å². The zero-order valence-electron chi connectivity index (χ0n) is 11.6. The van der Waals surface area contributed by atoms with Crippen LogP contribution in [0.25, 0.3) is 11.0 Å². The van der Waals surface area contributed by atoms with Crippen LogP contribution in [0.15, 0.2) is 41.9 Å². The molecule has 2 aromatic heterocycles. The average molecular weight is 283 g/mol. The van der Waals surface area contributed by atoms with Crippen molar-refractivity contribution in [1.29, 1.82) is 0 Å². The SMILES string of the molecule is CCNC(c1cnc2ccccc2n1)c1sccc1C. The van der Waals surface area contributed by atoms with E-state index in [0.717, 1.165) is 23.3 Å². The highest BCUT2D eigenvalue weighted by Gasteiger charge is 2.18. The van der Waals surface area contributed by atoms with Gasteiger partial charge in [0, 0.05) is 4.88 Å². The first-order valence-corrected chi connectivity index (χ1v) is 7.66. The molecule has 1 aromatic carbocycles. The Kier molecular flexibility index (Phi) is 3.76. The minimum atomic E-state index is 0.122. The average Bonchev–Trinajstić information content (AvgIpc) is 2.90. The molecule has 1 unspecified atom stereocenters. The van der Waals surface area contributed by atoms with Crippen LogP contribution in [0.2, 0.25) is 0 Å². The van der Waals surface area contributed by atoms with Crippen LogP contribution in [-0.4, -0.2) is 16.5 Å². The lowest BCUT2D eigenvalue weighted by Crippen LogP contribution is -2.23. The van der Waals surface area contributed by atoms with E-state index in [1.807, 2.05) is 30.5 Å². The van der Waals surface area contributed by atoms with Gasteiger partial charge in [0.1, 0.15) is 0 Å². The van der Waals surface area contributed by atoms with Crippen molar-refractivity contribution in [2.45, 2.75) is 19.9 Å². The van der Waals surface area contributed by atoms with Crippen LogP contribution in [0, 0.1) is 6.92 Å². The summed E-state index contributed by atoms with van der Waals surface area (Å²) in [6, 6.07) is 10.3. The van der Waals surface area contributed by atoms with Crippen LogP contribution < -0.4 is 5.32 Å². The predicted octanol–water partition coefficient (Wildman–Crippen LogP) is 3.70. The molecular formula is C16H17N3S. The molecule has 0 saturated heterocycles. The molecule has 4 heteroatoms. The van der Waals surface area contributed by atoms with Crippen LogP contribution in [0.4, 0.5) is 0 Å². The molecule has 0 spiro atoms. The van der Waals surface area contributed by atoms with Crippen molar-refractivity contribution in [2.75, 3.05) is 6.54 Å². The summed E-state index contributed by atoms with van der Waals surface area (Å²) in [5, 5.41) is 5.64. The first kappa shape index (κ1) is 13.2. The molecule has 3 aromatic rings. The van der Waals surface area contributed by atoms with Gasteiger partial charge in [-0.3, -0.25) is 4.98 Å². The number of hydrogen-bond acceptors (Lipinski definition) is 4. The fraction of sp³-hybridized carbons (Fsp3) is 0.250. The van der Waals surface area contributed by atoms with Crippen molar-refractivity contribution in [3.63, 3.8) is 0 Å². The Morgan fingerprint density at radius 1 is 1.20 bits per heavy atom. The molecule has 3 nitrogen and oxygen atoms in total. The summed E-state index contributed by atoms with van der Waals surface area (Å²) in [6.07, 6.45) is 1.88. The Bertz CT molecular complexity index is 720. The van der Waals surface area contributed by atoms with Gasteiger partial charge in [0.15, 0.2) is 0 Å². The quantitative estimate of drug-likeness (QED) is 0.793. The van der Waals surface area contributed by atoms with Crippen molar-refractivity contribution >= 4 is 22.4 Å². The number of thiophene rings is 1. The molecule has 0 aliphatic rings. The van der Waals surface area contributed by atoms with Gasteiger partial charge in [-0.1, -0.05) is 19.1 Å². The van der Waals surface area contributed by atoms with Crippen LogP contribution in [0.3, 0.4) is 0 Å². The first-order valence-electron chi connectivity index (χ1n) is 6.78. The second-order valence-electron chi connectivity index (χ2n) is 4.74. The molecule has 0 amide bonds. The van der Waals surface area contributed by atoms with Crippen LogP contribution in [0.1, 0.15) is 29.1 Å². The molecule has 3 rings (SSSR count). The molecule has 0 saturated carbocycles. The molecular weight excluding hydrogens is 266 g/mol. The van der Waals surface area contributed by atoms with Gasteiger partial charge < -0.3 is 5.32 Å². The lowest BCUT2D eigenvalue weighted by molar-refractivity contribution is 0.622. The van der Waals surface area contributed by atoms with E-state index in [1.54, 1.807) is 11.3 Å². The first-order chi connectivity index (χ1) is 9.79. The minimum absolute atomic E-state index is 0.122. The van der Waals surface area contributed by atoms with E-state index >= 15 is 0 Å². The number of aromatic nitrogens is 2. The number of nitrogens with one attached hydrogen (secondary N) is 1. The third-order valence-corrected chi connectivity index (χ3v) is 4.42. The highest BCUT2D eigenvalue weighted by atomic mass is 32.1. The molecule has 0 bridgehead atoms. The summed E-state index contributed by atoms with van der Waals surface area (Å²) in [7, 11) is 0. The van der Waals surface area contributed by atoms with E-state index in [2.05, 4.69) is 35.6 Å². The second-order valence-corrected chi connectivity index (χ2v) is 5.69. The van der Waals surface area contributed by atoms with Crippen molar-refractivity contribution in [3.05, 3.63) is 58.0 Å². The van der Waals surface area contributed by atoms with Crippen molar-refractivity contribution in [3.8, 4) is 0 Å². The highest BCUT2D eigenvalue weighted by molar-refractivity contribution is 7.10. The largest absolute Gasteiger partial charge is 0.305 e. The standard InChI is InChI=1S/C16H17N3S/c1-3-17-15(16-11(2)8-9-20-16)14-10-18-12-6-4-5-7-13(12)19-14/h4-10,15,17H,3H2,1-2H3. The third kappa shape index (κ3) is 2.44. The number of para-hydroxylation sites is 2. The van der Waals surface area contributed by atoms with E-state index in [4.69, 9.17) is 4.98 Å². The van der Waals surface area contributed by atoms with E-state index in [1.165, 1.54) is 10.4 Å². The van der Waals surface area contributed by atoms with Gasteiger partial charge in [-0.25, -0.2) is 4.98 Å². The summed E-state index contributed by atoms with van der Waals surface area (Å²) in [5.74, 6) is 0. The Hall–Kier alpha value is -1.78. The lowest BCUT2D eigenvalue weighted by Gasteiger charge is -2.17. The van der Waals surface area contributed by atoms with Gasteiger partial charge in [0.2, 0.25) is 0 Å². The molecule has 0 aliphatic heterocycles. The Labute approximate surface area is 122 Å². The maximum absolute atomic E-state index is 4.77. The highest BCUT2D eigenvalue weighted by Crippen LogP contribution is 2.28. The van der Waals surface area contributed by atoms with Gasteiger partial charge in [-0.05, 0) is 42.6 Å². The number of nitrogens with zero attached hydrogens (tertiary/aromatic N) is 2. The summed E-state index contributed by atoms with van der Waals surface area (Å²) < 4.78 is 0. The fourth-order valence-corrected chi connectivity index (χ4v) is 3.34. The Morgan fingerprint density at radius 2 is 2.00 bits per heavy atom. The minimum Gasteiger partial charge on any atom is -0.305 e. The van der Waals surface area contributed by atoms with Crippen molar-refractivity contribution in [2.24, 2.45) is 0 Å². The Morgan fingerprint density at radius 3 is 2.70 bits per heavy atom. The van der Waals surface area contributed by atoms with Gasteiger partial charge in [0.05, 0.1) is 29.0 Å². The number of benzene rings is 1. The fourth-order valence-electron chi connectivity index (χ4n) is 2.33. The molecule has 0 aliphatic carbocycles. The zero-order valence-corrected chi connectivity index (χ0v) is 12.4. The Balaban J connectivity index is 2.07. The van der Waals surface area contributed by atoms with E-state index in [0.29, 0.717) is 0 Å². The van der Waals surface area contributed by atoms with Gasteiger partial charge in [-0.15, -0.1) is 11.3 Å². The van der Waals surface area contributed by atoms with Gasteiger partial charge in [-0.2, -0.15) is 0 Å². The predicted molar refractivity (Wildman–Crippen MR) is 84.1 cm³/mol. The summed E-state index contributed by atoms with van der Waals surface area (Å²) in [4.78, 5) is 10.6. The lowest BCUT2D eigenvalue weighted by atomic mass is 10.1. The van der Waals surface area contributed by atoms with Gasteiger partial charge >= 0.3 is 0 Å². The topological polar surface area (TPSA) is 37.8 Å². The van der Waals surface area contributed by atoms with Gasteiger partial charge in [0.25, 0.3) is 0 Å². The molecule has 1 atom stereocenters. The summed E-state index contributed by atoms with van der Waals surface area (Å²) in [5.41, 5.74) is 4.17. The molecule has 2 heterocycles. The monoisotopic (exact) mass is 283 g/mol. The van der Waals surface area contributed by atoms with Crippen molar-refractivity contribution in [1.82, 2.24) is 15.3 Å². The van der Waals surface area contributed by atoms with Crippen LogP contribution in [-0.2, 0) is 0 Å². The maximum atomic E-state index is 4.77. The normalized spacial score (nSPS) is 12.7. The molecule has 20 heavy (non-hydrogen) atoms. The zero-order chi connectivity index (χ0) is 13.9. The van der Waals surface area contributed by atoms with Crippen molar-refractivity contribution < 1.29 is 0 Å².